The van der Waals surface area contributed by atoms with Crippen molar-refractivity contribution in [2.45, 2.75) is 33.1 Å². The van der Waals surface area contributed by atoms with Crippen molar-refractivity contribution in [1.29, 1.82) is 0 Å². The molecule has 2 nitrogen and oxygen atoms in total. The number of aryl methyl sites for hydroxylation is 2. The first-order valence-electron chi connectivity index (χ1n) is 5.99. The average Bonchev–Trinajstić information content (AvgIpc) is 2.61. The molecule has 0 fully saturated rings. The van der Waals surface area contributed by atoms with E-state index in [0.717, 1.165) is 0 Å². The van der Waals surface area contributed by atoms with Crippen LogP contribution in [-0.4, -0.2) is 9.78 Å². The molecule has 0 spiro atoms. The highest BCUT2D eigenvalue weighted by molar-refractivity contribution is 5.65. The van der Waals surface area contributed by atoms with Gasteiger partial charge in [0.05, 0.1) is 11.9 Å². The highest BCUT2D eigenvalue weighted by Gasteiger charge is 2.22. The summed E-state index contributed by atoms with van der Waals surface area (Å²) < 4.78 is 1.96. The molecule has 0 N–H and O–H groups in total. The van der Waals surface area contributed by atoms with Crippen LogP contribution < -0.4 is 0 Å². The van der Waals surface area contributed by atoms with E-state index in [-0.39, 0.29) is 5.41 Å². The first-order chi connectivity index (χ1) is 7.89. The van der Waals surface area contributed by atoms with E-state index in [9.17, 15) is 0 Å². The number of aromatic nitrogens is 2. The number of hydrogen-bond acceptors (Lipinski definition) is 1. The van der Waals surface area contributed by atoms with Gasteiger partial charge < -0.3 is 0 Å². The van der Waals surface area contributed by atoms with Crippen LogP contribution in [0, 0.1) is 6.92 Å². The molecule has 2 heteroatoms. The Hall–Kier alpha value is -1.57. The minimum atomic E-state index is 0.120. The number of hydrogen-bond donors (Lipinski definition) is 0. The predicted molar refractivity (Wildman–Crippen MR) is 72.1 cm³/mol. The lowest BCUT2D eigenvalue weighted by molar-refractivity contribution is 0.591. The van der Waals surface area contributed by atoms with Gasteiger partial charge in [-0.1, -0.05) is 50.6 Å². The van der Waals surface area contributed by atoms with Crippen LogP contribution in [-0.2, 0) is 12.5 Å². The van der Waals surface area contributed by atoms with E-state index in [2.05, 4.69) is 57.1 Å². The van der Waals surface area contributed by atoms with E-state index in [1.807, 2.05) is 17.9 Å². The van der Waals surface area contributed by atoms with Gasteiger partial charge in [0.25, 0.3) is 0 Å². The van der Waals surface area contributed by atoms with Gasteiger partial charge in [-0.25, -0.2) is 0 Å². The number of benzene rings is 1. The molecule has 1 aromatic carbocycles. The predicted octanol–water partition coefficient (Wildman–Crippen LogP) is 3.69. The van der Waals surface area contributed by atoms with Crippen molar-refractivity contribution in [3.63, 3.8) is 0 Å². The lowest BCUT2D eigenvalue weighted by Crippen LogP contribution is -2.12. The largest absolute Gasteiger partial charge is 0.268 e. The second-order valence-electron chi connectivity index (χ2n) is 5.65. The van der Waals surface area contributed by atoms with Gasteiger partial charge in [-0.3, -0.25) is 4.68 Å². The highest BCUT2D eigenvalue weighted by Crippen LogP contribution is 2.32. The summed E-state index contributed by atoms with van der Waals surface area (Å²) in [7, 11) is 2.00. The van der Waals surface area contributed by atoms with Gasteiger partial charge in [-0.15, -0.1) is 0 Å². The molecule has 1 heterocycles. The Morgan fingerprint density at radius 1 is 1.06 bits per heavy atom. The summed E-state index contributed by atoms with van der Waals surface area (Å²) in [6.45, 7) is 8.78. The van der Waals surface area contributed by atoms with Gasteiger partial charge in [0, 0.05) is 18.2 Å². The summed E-state index contributed by atoms with van der Waals surface area (Å²) in [4.78, 5) is 0. The van der Waals surface area contributed by atoms with Crippen molar-refractivity contribution >= 4 is 0 Å². The van der Waals surface area contributed by atoms with E-state index >= 15 is 0 Å². The Bertz CT molecular complexity index is 513. The van der Waals surface area contributed by atoms with Crippen LogP contribution >= 0.6 is 0 Å². The van der Waals surface area contributed by atoms with E-state index in [1.165, 1.54) is 22.4 Å². The average molecular weight is 228 g/mol. The van der Waals surface area contributed by atoms with Gasteiger partial charge in [0.15, 0.2) is 0 Å². The molecule has 2 aromatic rings. The minimum absolute atomic E-state index is 0.120. The van der Waals surface area contributed by atoms with Crippen LogP contribution in [0.25, 0.3) is 11.3 Å². The number of nitrogens with zero attached hydrogens (tertiary/aromatic N) is 2. The molecule has 2 rings (SSSR count). The van der Waals surface area contributed by atoms with E-state index in [1.54, 1.807) is 0 Å². The Morgan fingerprint density at radius 2 is 1.65 bits per heavy atom. The van der Waals surface area contributed by atoms with Gasteiger partial charge >= 0.3 is 0 Å². The molecule has 1 aromatic heterocycles. The standard InChI is InChI=1S/C15H20N2/c1-11-6-8-12(9-7-11)14-13(15(2,3)4)10-16-17(14)5/h6-10H,1-5H3. The first kappa shape index (κ1) is 11.9. The van der Waals surface area contributed by atoms with E-state index in [0.29, 0.717) is 0 Å². The van der Waals surface area contributed by atoms with Crippen molar-refractivity contribution in [1.82, 2.24) is 9.78 Å². The summed E-state index contributed by atoms with van der Waals surface area (Å²) in [5.74, 6) is 0. The van der Waals surface area contributed by atoms with Crippen LogP contribution in [0.2, 0.25) is 0 Å². The fourth-order valence-corrected chi connectivity index (χ4v) is 2.04. The summed E-state index contributed by atoms with van der Waals surface area (Å²) in [5, 5.41) is 4.40. The molecule has 0 saturated heterocycles. The zero-order valence-electron chi connectivity index (χ0n) is 11.3. The van der Waals surface area contributed by atoms with Gasteiger partial charge in [-0.2, -0.15) is 5.10 Å². The molecule has 0 amide bonds. The molecular formula is C15H20N2. The molecule has 90 valence electrons. The Kier molecular flexibility index (Phi) is 2.82. The molecule has 0 unspecified atom stereocenters. The first-order valence-corrected chi connectivity index (χ1v) is 5.99. The Balaban J connectivity index is 2.59. The van der Waals surface area contributed by atoms with E-state index in [4.69, 9.17) is 0 Å². The topological polar surface area (TPSA) is 17.8 Å². The molecule has 0 atom stereocenters. The third-order valence-corrected chi connectivity index (χ3v) is 3.07. The fourth-order valence-electron chi connectivity index (χ4n) is 2.04. The molecular weight excluding hydrogens is 208 g/mol. The lowest BCUT2D eigenvalue weighted by Gasteiger charge is -2.19. The SMILES string of the molecule is Cc1ccc(-c2c(C(C)(C)C)cnn2C)cc1. The Morgan fingerprint density at radius 3 is 2.18 bits per heavy atom. The molecule has 0 radical (unpaired) electrons. The maximum Gasteiger partial charge on any atom is 0.0716 e. The third-order valence-electron chi connectivity index (χ3n) is 3.07. The smallest absolute Gasteiger partial charge is 0.0716 e. The summed E-state index contributed by atoms with van der Waals surface area (Å²) in [5.41, 5.74) is 5.16. The normalized spacial score (nSPS) is 11.8. The quantitative estimate of drug-likeness (QED) is 0.728. The molecule has 0 aliphatic heterocycles. The molecule has 17 heavy (non-hydrogen) atoms. The van der Waals surface area contributed by atoms with Crippen LogP contribution in [0.3, 0.4) is 0 Å². The van der Waals surface area contributed by atoms with Crippen molar-refractivity contribution in [3.8, 4) is 11.3 Å². The Labute approximate surface area is 103 Å². The minimum Gasteiger partial charge on any atom is -0.268 e. The van der Waals surface area contributed by atoms with Crippen molar-refractivity contribution in [2.24, 2.45) is 7.05 Å². The monoisotopic (exact) mass is 228 g/mol. The summed E-state index contributed by atoms with van der Waals surface area (Å²) >= 11 is 0. The fraction of sp³-hybridized carbons (Fsp3) is 0.400. The van der Waals surface area contributed by atoms with E-state index < -0.39 is 0 Å². The van der Waals surface area contributed by atoms with Gasteiger partial charge in [0.2, 0.25) is 0 Å². The summed E-state index contributed by atoms with van der Waals surface area (Å²) in [6, 6.07) is 8.63. The summed E-state index contributed by atoms with van der Waals surface area (Å²) in [6.07, 6.45) is 1.98. The maximum atomic E-state index is 4.40. The van der Waals surface area contributed by atoms with Gasteiger partial charge in [-0.05, 0) is 12.3 Å². The molecule has 0 bridgehead atoms. The van der Waals surface area contributed by atoms with Gasteiger partial charge in [0.1, 0.15) is 0 Å². The zero-order chi connectivity index (χ0) is 12.6. The lowest BCUT2D eigenvalue weighted by atomic mass is 9.85. The van der Waals surface area contributed by atoms with Crippen LogP contribution in [0.4, 0.5) is 0 Å². The molecule has 0 aliphatic rings. The van der Waals surface area contributed by atoms with Crippen molar-refractivity contribution in [2.75, 3.05) is 0 Å². The van der Waals surface area contributed by atoms with Crippen molar-refractivity contribution < 1.29 is 0 Å². The molecule has 0 aliphatic carbocycles. The highest BCUT2D eigenvalue weighted by atomic mass is 15.3. The maximum absolute atomic E-state index is 4.40. The van der Waals surface area contributed by atoms with Crippen LogP contribution in [0.5, 0.6) is 0 Å². The van der Waals surface area contributed by atoms with Crippen LogP contribution in [0.15, 0.2) is 30.5 Å². The second kappa shape index (κ2) is 4.02. The second-order valence-corrected chi connectivity index (χ2v) is 5.65. The zero-order valence-corrected chi connectivity index (χ0v) is 11.3. The number of rotatable bonds is 1. The third kappa shape index (κ3) is 2.26. The van der Waals surface area contributed by atoms with Crippen LogP contribution in [0.1, 0.15) is 31.9 Å². The molecule has 0 saturated carbocycles. The van der Waals surface area contributed by atoms with Crippen molar-refractivity contribution in [3.05, 3.63) is 41.6 Å².